The van der Waals surface area contributed by atoms with E-state index in [0.29, 0.717) is 17.1 Å². The highest BCUT2D eigenvalue weighted by Gasteiger charge is 2.12. The second-order valence-electron chi connectivity index (χ2n) is 8.02. The van der Waals surface area contributed by atoms with E-state index in [1.165, 1.54) is 11.1 Å². The van der Waals surface area contributed by atoms with Gasteiger partial charge in [0.25, 0.3) is 0 Å². The molecule has 0 spiro atoms. The number of anilines is 1. The summed E-state index contributed by atoms with van der Waals surface area (Å²) in [6, 6.07) is 14.4. The van der Waals surface area contributed by atoms with E-state index < -0.39 is 0 Å². The van der Waals surface area contributed by atoms with Crippen LogP contribution in [0.2, 0.25) is 0 Å². The Labute approximate surface area is 188 Å². The zero-order valence-corrected chi connectivity index (χ0v) is 18.7. The third-order valence-electron chi connectivity index (χ3n) is 5.39. The van der Waals surface area contributed by atoms with Crippen molar-refractivity contribution >= 4 is 5.82 Å². The first kappa shape index (κ1) is 21.6. The summed E-state index contributed by atoms with van der Waals surface area (Å²) in [6.07, 6.45) is 5.66. The summed E-state index contributed by atoms with van der Waals surface area (Å²) in [5.41, 5.74) is 7.26. The van der Waals surface area contributed by atoms with Gasteiger partial charge in [-0.3, -0.25) is 0 Å². The topological polar surface area (TPSA) is 88.8 Å². The molecule has 1 aromatic carbocycles. The van der Waals surface area contributed by atoms with Crippen molar-refractivity contribution < 1.29 is 5.11 Å². The number of rotatable bonds is 8. The summed E-state index contributed by atoms with van der Waals surface area (Å²) < 4.78 is 1.86. The van der Waals surface area contributed by atoms with Gasteiger partial charge in [-0.1, -0.05) is 29.8 Å². The fourth-order valence-corrected chi connectivity index (χ4v) is 3.58. The third kappa shape index (κ3) is 5.00. The van der Waals surface area contributed by atoms with Gasteiger partial charge in [0.2, 0.25) is 0 Å². The van der Waals surface area contributed by atoms with E-state index in [4.69, 9.17) is 0 Å². The highest BCUT2D eigenvalue weighted by atomic mass is 16.3. The van der Waals surface area contributed by atoms with E-state index in [1.807, 2.05) is 42.8 Å². The maximum Gasteiger partial charge on any atom is 0.151 e. The Morgan fingerprint density at radius 2 is 1.78 bits per heavy atom. The summed E-state index contributed by atoms with van der Waals surface area (Å²) in [4.78, 5) is 8.86. The number of hydrogen-bond acceptors (Lipinski definition) is 6. The van der Waals surface area contributed by atoms with Crippen molar-refractivity contribution in [1.29, 1.82) is 0 Å². The predicted molar refractivity (Wildman–Crippen MR) is 126 cm³/mol. The summed E-state index contributed by atoms with van der Waals surface area (Å²) in [6.45, 7) is 6.69. The number of nitrogens with one attached hydrogen (secondary N) is 1. The number of aliphatic hydroxyl groups excluding tert-OH is 1. The van der Waals surface area contributed by atoms with Crippen LogP contribution in [0.1, 0.15) is 34.5 Å². The molecule has 0 saturated carbocycles. The largest absolute Gasteiger partial charge is 0.390 e. The summed E-state index contributed by atoms with van der Waals surface area (Å²) >= 11 is 0. The van der Waals surface area contributed by atoms with Crippen molar-refractivity contribution in [3.63, 3.8) is 0 Å². The first-order valence-corrected chi connectivity index (χ1v) is 10.8. The van der Waals surface area contributed by atoms with Crippen LogP contribution in [0.25, 0.3) is 17.1 Å². The third-order valence-corrected chi connectivity index (χ3v) is 5.39. The Hall–Kier alpha value is -3.58. The zero-order chi connectivity index (χ0) is 22.5. The van der Waals surface area contributed by atoms with Gasteiger partial charge in [0, 0.05) is 12.7 Å². The van der Waals surface area contributed by atoms with Crippen molar-refractivity contribution in [1.82, 2.24) is 24.7 Å². The van der Waals surface area contributed by atoms with Gasteiger partial charge in [0.05, 0.1) is 35.7 Å². The minimum Gasteiger partial charge on any atom is -0.390 e. The molecule has 0 unspecified atom stereocenters. The standard InChI is InChI=1S/C25H28N6O/c1-17-6-8-20(9-7-17)5-4-12-26-25-18(2)13-22(29-30-25)21-10-11-24(23(15-32)28-21)31-14-19(3)27-16-31/h6-11,13-14,16,32H,4-5,12,15H2,1-3H3,(H,26,30). The SMILES string of the molecule is Cc1ccc(CCCNc2nnc(-c3ccc(-n4cnc(C)c4)c(CO)n3)cc2C)cc1. The summed E-state index contributed by atoms with van der Waals surface area (Å²) in [5, 5.41) is 21.9. The molecule has 3 heterocycles. The minimum absolute atomic E-state index is 0.173. The number of nitrogens with zero attached hydrogens (tertiary/aromatic N) is 5. The van der Waals surface area contributed by atoms with Gasteiger partial charge < -0.3 is 15.0 Å². The molecule has 0 aliphatic heterocycles. The van der Waals surface area contributed by atoms with Crippen molar-refractivity contribution in [3.05, 3.63) is 83.1 Å². The molecule has 0 radical (unpaired) electrons. The highest BCUT2D eigenvalue weighted by Crippen LogP contribution is 2.22. The first-order valence-electron chi connectivity index (χ1n) is 10.8. The van der Waals surface area contributed by atoms with E-state index >= 15 is 0 Å². The van der Waals surface area contributed by atoms with Gasteiger partial charge in [-0.05, 0) is 62.9 Å². The van der Waals surface area contributed by atoms with Gasteiger partial charge in [0.15, 0.2) is 5.82 Å². The number of aliphatic hydroxyl groups is 1. The minimum atomic E-state index is -0.173. The quantitative estimate of drug-likeness (QED) is 0.409. The molecule has 0 aliphatic carbocycles. The number of benzene rings is 1. The van der Waals surface area contributed by atoms with Gasteiger partial charge in [-0.2, -0.15) is 0 Å². The molecule has 0 saturated heterocycles. The van der Waals surface area contributed by atoms with Crippen LogP contribution in [-0.4, -0.2) is 36.4 Å². The second-order valence-corrected chi connectivity index (χ2v) is 8.02. The van der Waals surface area contributed by atoms with E-state index in [1.54, 1.807) is 6.33 Å². The molecule has 0 amide bonds. The molecule has 3 aromatic heterocycles. The van der Waals surface area contributed by atoms with Gasteiger partial charge in [0.1, 0.15) is 5.69 Å². The molecule has 0 aliphatic rings. The van der Waals surface area contributed by atoms with Crippen LogP contribution in [0.15, 0.2) is 55.0 Å². The normalized spacial score (nSPS) is 11.0. The Morgan fingerprint density at radius 1 is 0.969 bits per heavy atom. The number of aromatic nitrogens is 5. The van der Waals surface area contributed by atoms with Crippen LogP contribution in [0.4, 0.5) is 5.82 Å². The molecule has 164 valence electrons. The van der Waals surface area contributed by atoms with Crippen LogP contribution < -0.4 is 5.32 Å². The molecule has 0 fully saturated rings. The lowest BCUT2D eigenvalue weighted by Gasteiger charge is -2.11. The molecular weight excluding hydrogens is 400 g/mol. The van der Waals surface area contributed by atoms with Crippen molar-refractivity contribution in [2.45, 2.75) is 40.2 Å². The molecule has 32 heavy (non-hydrogen) atoms. The molecule has 4 rings (SSSR count). The van der Waals surface area contributed by atoms with Crippen LogP contribution in [0, 0.1) is 20.8 Å². The van der Waals surface area contributed by atoms with Crippen molar-refractivity contribution in [2.24, 2.45) is 0 Å². The molecule has 2 N–H and O–H groups in total. The average Bonchev–Trinajstić information content (AvgIpc) is 3.24. The Kier molecular flexibility index (Phi) is 6.56. The summed E-state index contributed by atoms with van der Waals surface area (Å²) in [5.74, 6) is 0.783. The van der Waals surface area contributed by atoms with Crippen LogP contribution in [-0.2, 0) is 13.0 Å². The Bertz CT molecular complexity index is 1200. The number of imidazole rings is 1. The number of aryl methyl sites for hydroxylation is 4. The fraction of sp³-hybridized carbons (Fsp3) is 0.280. The molecule has 4 aromatic rings. The van der Waals surface area contributed by atoms with Gasteiger partial charge in [-0.15, -0.1) is 10.2 Å². The molecule has 7 nitrogen and oxygen atoms in total. The van der Waals surface area contributed by atoms with Crippen LogP contribution in [0.5, 0.6) is 0 Å². The average molecular weight is 429 g/mol. The monoisotopic (exact) mass is 428 g/mol. The second kappa shape index (κ2) is 9.70. The van der Waals surface area contributed by atoms with E-state index in [-0.39, 0.29) is 6.61 Å². The van der Waals surface area contributed by atoms with E-state index in [0.717, 1.165) is 42.1 Å². The lowest BCUT2D eigenvalue weighted by Crippen LogP contribution is -2.08. The highest BCUT2D eigenvalue weighted by molar-refractivity contribution is 5.59. The maximum absolute atomic E-state index is 9.83. The van der Waals surface area contributed by atoms with Gasteiger partial charge in [-0.25, -0.2) is 9.97 Å². The number of pyridine rings is 1. The number of hydrogen-bond donors (Lipinski definition) is 2. The summed E-state index contributed by atoms with van der Waals surface area (Å²) in [7, 11) is 0. The Balaban J connectivity index is 1.42. The Morgan fingerprint density at radius 3 is 2.47 bits per heavy atom. The zero-order valence-electron chi connectivity index (χ0n) is 18.7. The van der Waals surface area contributed by atoms with Crippen LogP contribution in [0.3, 0.4) is 0 Å². The molecule has 0 bridgehead atoms. The molecule has 7 heteroatoms. The van der Waals surface area contributed by atoms with E-state index in [2.05, 4.69) is 56.7 Å². The lowest BCUT2D eigenvalue weighted by molar-refractivity contribution is 0.276. The first-order chi connectivity index (χ1) is 15.5. The fourth-order valence-electron chi connectivity index (χ4n) is 3.58. The molecule has 0 atom stereocenters. The molecular formula is C25H28N6O. The van der Waals surface area contributed by atoms with Crippen molar-refractivity contribution in [3.8, 4) is 17.1 Å². The lowest BCUT2D eigenvalue weighted by atomic mass is 10.1. The maximum atomic E-state index is 9.83. The van der Waals surface area contributed by atoms with Crippen LogP contribution >= 0.6 is 0 Å². The van der Waals surface area contributed by atoms with Gasteiger partial charge >= 0.3 is 0 Å². The van der Waals surface area contributed by atoms with E-state index in [9.17, 15) is 5.11 Å². The predicted octanol–water partition coefficient (Wildman–Crippen LogP) is 4.19. The van der Waals surface area contributed by atoms with Crippen molar-refractivity contribution in [2.75, 3.05) is 11.9 Å². The smallest absolute Gasteiger partial charge is 0.151 e.